The largest absolute Gasteiger partial charge is 0.337 e. The van der Waals surface area contributed by atoms with Crippen molar-refractivity contribution < 1.29 is 9.59 Å². The molecule has 0 unspecified atom stereocenters. The highest BCUT2D eigenvalue weighted by Crippen LogP contribution is 2.25. The van der Waals surface area contributed by atoms with E-state index < -0.39 is 0 Å². The maximum Gasteiger partial charge on any atom is 0.253 e. The summed E-state index contributed by atoms with van der Waals surface area (Å²) in [5.41, 5.74) is 8.15. The van der Waals surface area contributed by atoms with Gasteiger partial charge in [-0.05, 0) is 30.2 Å². The molecule has 18 heavy (non-hydrogen) atoms. The Morgan fingerprint density at radius 3 is 3.00 bits per heavy atom. The number of carbonyl (C=O) groups excluding carboxylic acids is 2. The molecule has 5 heteroatoms. The number of amides is 2. The van der Waals surface area contributed by atoms with Gasteiger partial charge in [-0.3, -0.25) is 9.59 Å². The number of carbonyl (C=O) groups is 2. The molecule has 3 N–H and O–H groups in total. The highest BCUT2D eigenvalue weighted by Gasteiger charge is 2.26. The zero-order valence-corrected chi connectivity index (χ0v) is 9.98. The zero-order chi connectivity index (χ0) is 12.7. The molecule has 2 aliphatic heterocycles. The third-order valence-corrected chi connectivity index (χ3v) is 3.49. The molecule has 2 amide bonds. The predicted octanol–water partition coefficient (Wildman–Crippen LogP) is 0.354. The Kier molecular flexibility index (Phi) is 2.56. The van der Waals surface area contributed by atoms with Crippen molar-refractivity contribution in [3.05, 3.63) is 29.3 Å². The first-order valence-corrected chi connectivity index (χ1v) is 6.11. The number of nitrogens with zero attached hydrogens (tertiary/aromatic N) is 1. The molecule has 0 spiro atoms. The van der Waals surface area contributed by atoms with Crippen molar-refractivity contribution in [2.45, 2.75) is 18.9 Å². The van der Waals surface area contributed by atoms with Crippen LogP contribution in [0.3, 0.4) is 0 Å². The molecular weight excluding hydrogens is 230 g/mol. The van der Waals surface area contributed by atoms with Crippen LogP contribution in [-0.4, -0.2) is 35.8 Å². The van der Waals surface area contributed by atoms with E-state index in [0.29, 0.717) is 25.1 Å². The van der Waals surface area contributed by atoms with Gasteiger partial charge in [0.25, 0.3) is 5.91 Å². The number of nitrogens with two attached hydrogens (primary N) is 1. The summed E-state index contributed by atoms with van der Waals surface area (Å²) in [5, 5.41) is 2.76. The molecule has 2 heterocycles. The fraction of sp³-hybridized carbons (Fsp3) is 0.385. The number of hydrogen-bond acceptors (Lipinski definition) is 3. The van der Waals surface area contributed by atoms with Crippen molar-refractivity contribution in [3.8, 4) is 0 Å². The predicted molar refractivity (Wildman–Crippen MR) is 67.3 cm³/mol. The molecular formula is C13H15N3O2. The summed E-state index contributed by atoms with van der Waals surface area (Å²) in [5.74, 6) is -0.0112. The van der Waals surface area contributed by atoms with Crippen molar-refractivity contribution in [2.75, 3.05) is 18.4 Å². The van der Waals surface area contributed by atoms with E-state index in [0.717, 1.165) is 17.7 Å². The van der Waals surface area contributed by atoms with Gasteiger partial charge in [-0.1, -0.05) is 0 Å². The quantitative estimate of drug-likeness (QED) is 0.750. The van der Waals surface area contributed by atoms with Gasteiger partial charge in [-0.2, -0.15) is 0 Å². The Morgan fingerprint density at radius 1 is 1.44 bits per heavy atom. The maximum absolute atomic E-state index is 12.2. The van der Waals surface area contributed by atoms with Gasteiger partial charge in [0.1, 0.15) is 0 Å². The Labute approximate surface area is 105 Å². The standard InChI is InChI=1S/C13H15N3O2/c14-10-3-4-16(7-10)13(18)8-1-2-11-9(5-8)6-12(17)15-11/h1-2,5,10H,3-4,6-7,14H2,(H,15,17)/t10-/m1/s1. The van der Waals surface area contributed by atoms with Crippen LogP contribution in [-0.2, 0) is 11.2 Å². The first-order valence-electron chi connectivity index (χ1n) is 6.11. The lowest BCUT2D eigenvalue weighted by Crippen LogP contribution is -2.31. The first-order chi connectivity index (χ1) is 8.63. The molecule has 0 aliphatic carbocycles. The molecule has 0 saturated carbocycles. The average Bonchev–Trinajstić information content (AvgIpc) is 2.92. The Morgan fingerprint density at radius 2 is 2.28 bits per heavy atom. The Hall–Kier alpha value is -1.88. The molecule has 1 aromatic carbocycles. The maximum atomic E-state index is 12.2. The lowest BCUT2D eigenvalue weighted by atomic mass is 10.1. The third kappa shape index (κ3) is 1.86. The van der Waals surface area contributed by atoms with Crippen LogP contribution in [0.5, 0.6) is 0 Å². The molecule has 2 aliphatic rings. The molecule has 0 aromatic heterocycles. The number of likely N-dealkylation sites (tertiary alicyclic amines) is 1. The number of fused-ring (bicyclic) bond motifs is 1. The van der Waals surface area contributed by atoms with Crippen LogP contribution in [0.15, 0.2) is 18.2 Å². The third-order valence-electron chi connectivity index (χ3n) is 3.49. The minimum absolute atomic E-state index is 0.00472. The Balaban J connectivity index is 1.83. The van der Waals surface area contributed by atoms with E-state index in [1.54, 1.807) is 23.1 Å². The van der Waals surface area contributed by atoms with Crippen molar-refractivity contribution in [1.82, 2.24) is 4.90 Å². The minimum atomic E-state index is -0.0159. The van der Waals surface area contributed by atoms with E-state index in [1.807, 2.05) is 0 Å². The molecule has 0 radical (unpaired) electrons. The molecule has 3 rings (SSSR count). The van der Waals surface area contributed by atoms with E-state index in [1.165, 1.54) is 0 Å². The molecule has 1 atom stereocenters. The van der Waals surface area contributed by atoms with Crippen LogP contribution >= 0.6 is 0 Å². The van der Waals surface area contributed by atoms with Gasteiger partial charge in [0, 0.05) is 30.4 Å². The summed E-state index contributed by atoms with van der Waals surface area (Å²) in [4.78, 5) is 25.3. The number of rotatable bonds is 1. The average molecular weight is 245 g/mol. The van der Waals surface area contributed by atoms with E-state index >= 15 is 0 Å². The number of benzene rings is 1. The van der Waals surface area contributed by atoms with Crippen molar-refractivity contribution >= 4 is 17.5 Å². The van der Waals surface area contributed by atoms with E-state index in [-0.39, 0.29) is 17.9 Å². The highest BCUT2D eigenvalue weighted by atomic mass is 16.2. The SMILES string of the molecule is N[C@@H]1CCN(C(=O)c2ccc3c(c2)CC(=O)N3)C1. The lowest BCUT2D eigenvalue weighted by Gasteiger charge is -2.16. The minimum Gasteiger partial charge on any atom is -0.337 e. The number of anilines is 1. The molecule has 1 fully saturated rings. The van der Waals surface area contributed by atoms with Crippen LogP contribution in [0.2, 0.25) is 0 Å². The zero-order valence-electron chi connectivity index (χ0n) is 9.98. The normalized spacial score (nSPS) is 21.9. The number of nitrogens with one attached hydrogen (secondary N) is 1. The second kappa shape index (κ2) is 4.10. The number of hydrogen-bond donors (Lipinski definition) is 2. The van der Waals surface area contributed by atoms with Crippen molar-refractivity contribution in [3.63, 3.8) is 0 Å². The molecule has 94 valence electrons. The van der Waals surface area contributed by atoms with E-state index in [4.69, 9.17) is 5.73 Å². The fourth-order valence-electron chi connectivity index (χ4n) is 2.52. The van der Waals surface area contributed by atoms with Crippen LogP contribution in [0.25, 0.3) is 0 Å². The highest BCUT2D eigenvalue weighted by molar-refractivity contribution is 6.01. The molecule has 1 aromatic rings. The van der Waals surface area contributed by atoms with E-state index in [9.17, 15) is 9.59 Å². The van der Waals surface area contributed by atoms with Crippen LogP contribution in [0.4, 0.5) is 5.69 Å². The van der Waals surface area contributed by atoms with Gasteiger partial charge in [-0.25, -0.2) is 0 Å². The van der Waals surface area contributed by atoms with Crippen LogP contribution < -0.4 is 11.1 Å². The first kappa shape index (κ1) is 11.2. The molecule has 1 saturated heterocycles. The van der Waals surface area contributed by atoms with Crippen LogP contribution in [0.1, 0.15) is 22.3 Å². The van der Waals surface area contributed by atoms with Gasteiger partial charge in [-0.15, -0.1) is 0 Å². The van der Waals surface area contributed by atoms with E-state index in [2.05, 4.69) is 5.32 Å². The molecule has 0 bridgehead atoms. The lowest BCUT2D eigenvalue weighted by molar-refractivity contribution is -0.115. The van der Waals surface area contributed by atoms with Crippen LogP contribution in [0, 0.1) is 0 Å². The summed E-state index contributed by atoms with van der Waals surface area (Å²) in [6, 6.07) is 5.45. The summed E-state index contributed by atoms with van der Waals surface area (Å²) < 4.78 is 0. The van der Waals surface area contributed by atoms with Gasteiger partial charge in [0.2, 0.25) is 5.91 Å². The smallest absolute Gasteiger partial charge is 0.253 e. The summed E-state index contributed by atoms with van der Waals surface area (Å²) in [7, 11) is 0. The van der Waals surface area contributed by atoms with Gasteiger partial charge in [0.05, 0.1) is 6.42 Å². The monoisotopic (exact) mass is 245 g/mol. The van der Waals surface area contributed by atoms with Gasteiger partial charge >= 0.3 is 0 Å². The van der Waals surface area contributed by atoms with Gasteiger partial charge < -0.3 is 16.0 Å². The second-order valence-electron chi connectivity index (χ2n) is 4.90. The summed E-state index contributed by atoms with van der Waals surface area (Å²) >= 11 is 0. The second-order valence-corrected chi connectivity index (χ2v) is 4.90. The summed E-state index contributed by atoms with van der Waals surface area (Å²) in [6.45, 7) is 1.33. The van der Waals surface area contributed by atoms with Crippen molar-refractivity contribution in [2.24, 2.45) is 5.73 Å². The Bertz CT molecular complexity index is 527. The van der Waals surface area contributed by atoms with Crippen molar-refractivity contribution in [1.29, 1.82) is 0 Å². The summed E-state index contributed by atoms with van der Waals surface area (Å²) in [6.07, 6.45) is 1.21. The topological polar surface area (TPSA) is 75.4 Å². The molecule has 5 nitrogen and oxygen atoms in total. The van der Waals surface area contributed by atoms with Gasteiger partial charge in [0.15, 0.2) is 0 Å². The fourth-order valence-corrected chi connectivity index (χ4v) is 2.52.